The van der Waals surface area contributed by atoms with Crippen LogP contribution in [0.3, 0.4) is 0 Å². The third-order valence-corrected chi connectivity index (χ3v) is 4.57. The fraction of sp³-hybridized carbons (Fsp3) is 0.900. The molecule has 0 aromatic rings. The molecule has 8 heteroatoms. The van der Waals surface area contributed by atoms with Gasteiger partial charge in [-0.3, -0.25) is 5.41 Å². The second kappa shape index (κ2) is 7.03. The number of nitrogens with one attached hydrogen (secondary N) is 2. The molecular formula is C10H22N4O3S. The second-order valence-electron chi connectivity index (χ2n) is 4.40. The first kappa shape index (κ1) is 15.4. The lowest BCUT2D eigenvalue weighted by atomic mass is 10.2. The molecule has 0 bridgehead atoms. The first-order chi connectivity index (χ1) is 8.47. The van der Waals surface area contributed by atoms with Crippen molar-refractivity contribution in [1.82, 2.24) is 9.03 Å². The van der Waals surface area contributed by atoms with Crippen LogP contribution in [0.25, 0.3) is 0 Å². The van der Waals surface area contributed by atoms with Crippen LogP contribution in [-0.2, 0) is 14.9 Å². The summed E-state index contributed by atoms with van der Waals surface area (Å²) in [4.78, 5) is 0. The van der Waals surface area contributed by atoms with Gasteiger partial charge >= 0.3 is 0 Å². The summed E-state index contributed by atoms with van der Waals surface area (Å²) in [7, 11) is -2.08. The molecule has 0 radical (unpaired) electrons. The lowest BCUT2D eigenvalue weighted by molar-refractivity contribution is 0.203. The summed E-state index contributed by atoms with van der Waals surface area (Å²) < 4.78 is 32.8. The smallest absolute Gasteiger partial charge is 0.280 e. The van der Waals surface area contributed by atoms with E-state index in [1.165, 1.54) is 11.4 Å². The Morgan fingerprint density at radius 1 is 1.50 bits per heavy atom. The average molecular weight is 278 g/mol. The van der Waals surface area contributed by atoms with Crippen molar-refractivity contribution in [2.24, 2.45) is 5.73 Å². The minimum absolute atomic E-state index is 0.0473. The predicted octanol–water partition coefficient (Wildman–Crippen LogP) is -0.352. The van der Waals surface area contributed by atoms with Gasteiger partial charge in [0.2, 0.25) is 0 Å². The second-order valence-corrected chi connectivity index (χ2v) is 6.11. The zero-order valence-electron chi connectivity index (χ0n) is 10.7. The Hall–Kier alpha value is -0.700. The molecule has 0 amide bonds. The molecule has 1 fully saturated rings. The molecule has 0 aliphatic heterocycles. The van der Waals surface area contributed by atoms with E-state index in [4.69, 9.17) is 15.9 Å². The summed E-state index contributed by atoms with van der Waals surface area (Å²) in [5.41, 5.74) is 5.34. The monoisotopic (exact) mass is 278 g/mol. The van der Waals surface area contributed by atoms with E-state index in [1.54, 1.807) is 0 Å². The van der Waals surface area contributed by atoms with Gasteiger partial charge in [-0.05, 0) is 12.8 Å². The Balaban J connectivity index is 2.70. The van der Waals surface area contributed by atoms with E-state index in [0.29, 0.717) is 6.61 Å². The van der Waals surface area contributed by atoms with Gasteiger partial charge in [0.15, 0.2) is 0 Å². The third-order valence-electron chi connectivity index (χ3n) is 2.96. The predicted molar refractivity (Wildman–Crippen MR) is 69.7 cm³/mol. The number of nitrogens with two attached hydrogens (primary N) is 1. The quantitative estimate of drug-likeness (QED) is 0.320. The van der Waals surface area contributed by atoms with Crippen LogP contribution in [0.2, 0.25) is 0 Å². The summed E-state index contributed by atoms with van der Waals surface area (Å²) in [6, 6.07) is -0.0473. The molecule has 7 nitrogen and oxygen atoms in total. The van der Waals surface area contributed by atoms with E-state index in [9.17, 15) is 8.42 Å². The van der Waals surface area contributed by atoms with E-state index in [0.717, 1.165) is 25.7 Å². The molecule has 1 aliphatic carbocycles. The highest BCUT2D eigenvalue weighted by Gasteiger charge is 2.32. The van der Waals surface area contributed by atoms with Gasteiger partial charge in [0, 0.05) is 19.7 Å². The number of ether oxygens (including phenoxy) is 1. The number of nitrogens with zero attached hydrogens (tertiary/aromatic N) is 1. The highest BCUT2D eigenvalue weighted by atomic mass is 32.2. The summed E-state index contributed by atoms with van der Waals surface area (Å²) in [6.07, 6.45) is 3.70. The normalized spacial score (nSPS) is 17.4. The Kier molecular flexibility index (Phi) is 6.00. The van der Waals surface area contributed by atoms with E-state index < -0.39 is 10.2 Å². The van der Waals surface area contributed by atoms with Crippen LogP contribution >= 0.6 is 0 Å². The average Bonchev–Trinajstić information content (AvgIpc) is 2.78. The molecule has 0 aromatic carbocycles. The molecule has 0 unspecified atom stereocenters. The van der Waals surface area contributed by atoms with E-state index in [2.05, 4.69) is 4.72 Å². The molecule has 1 saturated carbocycles. The van der Waals surface area contributed by atoms with Crippen LogP contribution in [0.5, 0.6) is 0 Å². The van der Waals surface area contributed by atoms with Crippen molar-refractivity contribution in [1.29, 1.82) is 5.41 Å². The topological polar surface area (TPSA) is 109 Å². The van der Waals surface area contributed by atoms with Crippen LogP contribution in [0.4, 0.5) is 0 Å². The minimum Gasteiger partial charge on any atom is -0.387 e. The number of rotatable bonds is 8. The fourth-order valence-electron chi connectivity index (χ4n) is 2.13. The zero-order valence-corrected chi connectivity index (χ0v) is 11.5. The first-order valence-corrected chi connectivity index (χ1v) is 7.49. The van der Waals surface area contributed by atoms with Crippen LogP contribution in [-0.4, -0.2) is 51.4 Å². The Labute approximate surface area is 108 Å². The summed E-state index contributed by atoms with van der Waals surface area (Å²) in [5.74, 6) is -0.140. The van der Waals surface area contributed by atoms with Gasteiger partial charge in [0.05, 0.1) is 13.2 Å². The zero-order chi connectivity index (χ0) is 13.6. The third kappa shape index (κ3) is 4.52. The van der Waals surface area contributed by atoms with E-state index >= 15 is 0 Å². The van der Waals surface area contributed by atoms with Crippen molar-refractivity contribution in [2.75, 3.05) is 26.8 Å². The SMILES string of the molecule is COCCNS(=O)(=O)N(CC(=N)N)C1CCCC1. The molecule has 1 aliphatic rings. The molecule has 0 saturated heterocycles. The largest absolute Gasteiger partial charge is 0.387 e. The van der Waals surface area contributed by atoms with Crippen molar-refractivity contribution >= 4 is 16.0 Å². The fourth-order valence-corrected chi connectivity index (χ4v) is 3.55. The van der Waals surface area contributed by atoms with Crippen molar-refractivity contribution < 1.29 is 13.2 Å². The van der Waals surface area contributed by atoms with Crippen LogP contribution in [0.1, 0.15) is 25.7 Å². The van der Waals surface area contributed by atoms with E-state index in [1.807, 2.05) is 0 Å². The highest BCUT2D eigenvalue weighted by Crippen LogP contribution is 2.24. The molecule has 18 heavy (non-hydrogen) atoms. The summed E-state index contributed by atoms with van der Waals surface area (Å²) in [5, 5.41) is 7.30. The maximum absolute atomic E-state index is 12.1. The van der Waals surface area contributed by atoms with Crippen LogP contribution < -0.4 is 10.5 Å². The number of amidine groups is 1. The lowest BCUT2D eigenvalue weighted by Crippen LogP contribution is -2.49. The maximum Gasteiger partial charge on any atom is 0.280 e. The molecule has 0 spiro atoms. The molecule has 0 aromatic heterocycles. The number of methoxy groups -OCH3 is 1. The molecule has 0 heterocycles. The Morgan fingerprint density at radius 3 is 2.61 bits per heavy atom. The lowest BCUT2D eigenvalue weighted by Gasteiger charge is -2.27. The molecular weight excluding hydrogens is 256 g/mol. The highest BCUT2D eigenvalue weighted by molar-refractivity contribution is 7.87. The molecule has 4 N–H and O–H groups in total. The number of hydrogen-bond acceptors (Lipinski definition) is 4. The number of hydrogen-bond donors (Lipinski definition) is 3. The Morgan fingerprint density at radius 2 is 2.11 bits per heavy atom. The van der Waals surface area contributed by atoms with Crippen molar-refractivity contribution in [3.63, 3.8) is 0 Å². The molecule has 0 atom stereocenters. The van der Waals surface area contributed by atoms with Gasteiger partial charge in [-0.25, -0.2) is 0 Å². The molecule has 1 rings (SSSR count). The summed E-state index contributed by atoms with van der Waals surface area (Å²) in [6.45, 7) is 0.491. The van der Waals surface area contributed by atoms with Gasteiger partial charge in [0.1, 0.15) is 5.84 Å². The first-order valence-electron chi connectivity index (χ1n) is 6.05. The van der Waals surface area contributed by atoms with Gasteiger partial charge in [0.25, 0.3) is 10.2 Å². The van der Waals surface area contributed by atoms with Gasteiger partial charge in [-0.1, -0.05) is 12.8 Å². The standard InChI is InChI=1S/C10H22N4O3S/c1-17-7-6-13-18(15,16)14(8-10(11)12)9-4-2-3-5-9/h9,13H,2-8H2,1H3,(H3,11,12). The van der Waals surface area contributed by atoms with Crippen molar-refractivity contribution in [2.45, 2.75) is 31.7 Å². The van der Waals surface area contributed by atoms with E-state index in [-0.39, 0.29) is 25.0 Å². The van der Waals surface area contributed by atoms with Crippen LogP contribution in [0, 0.1) is 5.41 Å². The Bertz CT molecular complexity index is 365. The van der Waals surface area contributed by atoms with Gasteiger partial charge in [-0.2, -0.15) is 17.4 Å². The van der Waals surface area contributed by atoms with Gasteiger partial charge in [-0.15, -0.1) is 0 Å². The summed E-state index contributed by atoms with van der Waals surface area (Å²) >= 11 is 0. The van der Waals surface area contributed by atoms with Crippen LogP contribution in [0.15, 0.2) is 0 Å². The molecule has 106 valence electrons. The van der Waals surface area contributed by atoms with Crippen molar-refractivity contribution in [3.05, 3.63) is 0 Å². The van der Waals surface area contributed by atoms with Crippen molar-refractivity contribution in [3.8, 4) is 0 Å². The maximum atomic E-state index is 12.1. The minimum atomic E-state index is -3.59. The van der Waals surface area contributed by atoms with Gasteiger partial charge < -0.3 is 10.5 Å².